The Hall–Kier alpha value is -3.92. The second-order valence-electron chi connectivity index (χ2n) is 10.2. The van der Waals surface area contributed by atoms with Gasteiger partial charge in [-0.15, -0.1) is 0 Å². The van der Waals surface area contributed by atoms with Gasteiger partial charge < -0.3 is 10.2 Å². The highest BCUT2D eigenvalue weighted by Gasteiger charge is 2.34. The monoisotopic (exact) mass is 655 g/mol. The molecule has 0 heterocycles. The van der Waals surface area contributed by atoms with Crippen LogP contribution < -0.4 is 9.62 Å². The predicted octanol–water partition coefficient (Wildman–Crippen LogP) is 6.41. The first-order valence-electron chi connectivity index (χ1n) is 13.9. The molecule has 0 saturated heterocycles. The maximum absolute atomic E-state index is 14.3. The van der Waals surface area contributed by atoms with Crippen LogP contribution in [0.25, 0.3) is 0 Å². The van der Waals surface area contributed by atoms with Gasteiger partial charge in [-0.1, -0.05) is 77.3 Å². The van der Waals surface area contributed by atoms with E-state index in [-0.39, 0.29) is 28.6 Å². The van der Waals surface area contributed by atoms with Gasteiger partial charge in [0.15, 0.2) is 0 Å². The summed E-state index contributed by atoms with van der Waals surface area (Å²) in [5.74, 6) is -1.62. The van der Waals surface area contributed by atoms with Gasteiger partial charge in [-0.25, -0.2) is 12.8 Å². The van der Waals surface area contributed by atoms with Gasteiger partial charge in [0.1, 0.15) is 18.4 Å². The number of hydrogen-bond acceptors (Lipinski definition) is 4. The van der Waals surface area contributed by atoms with Crippen molar-refractivity contribution < 1.29 is 22.4 Å². The molecule has 1 N–H and O–H groups in total. The topological polar surface area (TPSA) is 86.8 Å². The lowest BCUT2D eigenvalue weighted by Crippen LogP contribution is -2.53. The standard InChI is InChI=1S/C33H32Cl2FN3O4S/c1-3-37-33(41)31(20-24-7-5-4-6-8-24)38(21-25-11-18-29(34)30(35)19-25)32(40)22-39(27-14-9-23(2)10-15-27)44(42,43)28-16-12-26(36)13-17-28/h4-19,31H,3,20-22H2,1-2H3,(H,37,41)/t31-/m0/s1. The highest BCUT2D eigenvalue weighted by atomic mass is 35.5. The third-order valence-corrected chi connectivity index (χ3v) is 9.49. The minimum atomic E-state index is -4.33. The van der Waals surface area contributed by atoms with Gasteiger partial charge in [-0.2, -0.15) is 0 Å². The lowest BCUT2D eigenvalue weighted by molar-refractivity contribution is -0.140. The highest BCUT2D eigenvalue weighted by Crippen LogP contribution is 2.27. The summed E-state index contributed by atoms with van der Waals surface area (Å²) in [4.78, 5) is 29.0. The second-order valence-corrected chi connectivity index (χ2v) is 12.8. The van der Waals surface area contributed by atoms with Crippen molar-refractivity contribution in [3.8, 4) is 0 Å². The normalized spacial score (nSPS) is 11.9. The molecule has 0 aromatic heterocycles. The van der Waals surface area contributed by atoms with Crippen LogP contribution in [0, 0.1) is 12.7 Å². The van der Waals surface area contributed by atoms with Crippen molar-refractivity contribution in [3.63, 3.8) is 0 Å². The SMILES string of the molecule is CCNC(=O)[C@H](Cc1ccccc1)N(Cc1ccc(Cl)c(Cl)c1)C(=O)CN(c1ccc(C)cc1)S(=O)(=O)c1ccc(F)cc1. The number of sulfonamides is 1. The molecule has 4 aromatic carbocycles. The number of rotatable bonds is 12. The van der Waals surface area contributed by atoms with Gasteiger partial charge in [-0.05, 0) is 73.5 Å². The molecule has 0 unspecified atom stereocenters. The van der Waals surface area contributed by atoms with Crippen LogP contribution in [0.5, 0.6) is 0 Å². The molecule has 7 nitrogen and oxygen atoms in total. The summed E-state index contributed by atoms with van der Waals surface area (Å²) in [6.45, 7) is 3.27. The Kier molecular flexibility index (Phi) is 11.0. The molecule has 0 aliphatic carbocycles. The number of benzene rings is 4. The molecule has 0 saturated carbocycles. The Morgan fingerprint density at radius 3 is 2.14 bits per heavy atom. The van der Waals surface area contributed by atoms with Crippen LogP contribution >= 0.6 is 23.2 Å². The molecule has 11 heteroatoms. The van der Waals surface area contributed by atoms with Crippen molar-refractivity contribution in [2.24, 2.45) is 0 Å². The minimum Gasteiger partial charge on any atom is -0.355 e. The van der Waals surface area contributed by atoms with Gasteiger partial charge in [0.25, 0.3) is 10.0 Å². The van der Waals surface area contributed by atoms with E-state index >= 15 is 0 Å². The summed E-state index contributed by atoms with van der Waals surface area (Å²) >= 11 is 12.4. The molecule has 0 bridgehead atoms. The minimum absolute atomic E-state index is 0.0529. The Bertz CT molecular complexity index is 1700. The van der Waals surface area contributed by atoms with Gasteiger partial charge >= 0.3 is 0 Å². The molecule has 4 rings (SSSR count). The van der Waals surface area contributed by atoms with E-state index in [4.69, 9.17) is 23.2 Å². The van der Waals surface area contributed by atoms with E-state index in [2.05, 4.69) is 5.32 Å². The molecule has 4 aromatic rings. The summed E-state index contributed by atoms with van der Waals surface area (Å²) in [7, 11) is -4.33. The van der Waals surface area contributed by atoms with Crippen LogP contribution in [0.3, 0.4) is 0 Å². The number of likely N-dealkylation sites (N-methyl/N-ethyl adjacent to an activating group) is 1. The lowest BCUT2D eigenvalue weighted by Gasteiger charge is -2.34. The summed E-state index contributed by atoms with van der Waals surface area (Å²) in [6, 6.07) is 24.2. The first-order valence-corrected chi connectivity index (χ1v) is 16.1. The zero-order valence-electron chi connectivity index (χ0n) is 24.2. The van der Waals surface area contributed by atoms with Crippen LogP contribution in [-0.2, 0) is 32.6 Å². The van der Waals surface area contributed by atoms with Crippen molar-refractivity contribution in [2.75, 3.05) is 17.4 Å². The Balaban J connectivity index is 1.80. The number of hydrogen-bond donors (Lipinski definition) is 1. The third-order valence-electron chi connectivity index (χ3n) is 6.96. The number of amides is 2. The fourth-order valence-corrected chi connectivity index (χ4v) is 6.39. The average molecular weight is 657 g/mol. The predicted molar refractivity (Wildman–Crippen MR) is 172 cm³/mol. The number of nitrogens with zero attached hydrogens (tertiary/aromatic N) is 2. The number of aryl methyl sites for hydroxylation is 1. The molecule has 0 fully saturated rings. The molecule has 0 radical (unpaired) electrons. The van der Waals surface area contributed by atoms with Crippen LogP contribution in [-0.4, -0.2) is 44.3 Å². The van der Waals surface area contributed by atoms with E-state index < -0.39 is 40.2 Å². The zero-order chi connectivity index (χ0) is 31.9. The quantitative estimate of drug-likeness (QED) is 0.191. The molecule has 44 heavy (non-hydrogen) atoms. The number of carbonyl (C=O) groups excluding carboxylic acids is 2. The molecule has 0 spiro atoms. The molecule has 0 aliphatic rings. The van der Waals surface area contributed by atoms with E-state index in [1.54, 1.807) is 49.4 Å². The maximum Gasteiger partial charge on any atom is 0.264 e. The fraction of sp³-hybridized carbons (Fsp3) is 0.212. The zero-order valence-corrected chi connectivity index (χ0v) is 26.5. The lowest BCUT2D eigenvalue weighted by atomic mass is 10.0. The number of carbonyl (C=O) groups is 2. The summed E-state index contributed by atoms with van der Waals surface area (Å²) in [5.41, 5.74) is 2.53. The first kappa shape index (κ1) is 33.0. The van der Waals surface area contributed by atoms with E-state index in [1.165, 1.54) is 4.90 Å². The molecule has 0 aliphatic heterocycles. The largest absolute Gasteiger partial charge is 0.355 e. The van der Waals surface area contributed by atoms with Crippen molar-refractivity contribution in [3.05, 3.63) is 130 Å². The van der Waals surface area contributed by atoms with E-state index in [0.29, 0.717) is 17.1 Å². The Morgan fingerprint density at radius 1 is 0.864 bits per heavy atom. The van der Waals surface area contributed by atoms with Crippen LogP contribution in [0.4, 0.5) is 10.1 Å². The number of halogens is 3. The van der Waals surface area contributed by atoms with Crippen molar-refractivity contribution in [1.29, 1.82) is 0 Å². The molecular formula is C33H32Cl2FN3O4S. The van der Waals surface area contributed by atoms with Crippen LogP contribution in [0.15, 0.2) is 102 Å². The van der Waals surface area contributed by atoms with Gasteiger partial charge in [0.2, 0.25) is 11.8 Å². The molecular weight excluding hydrogens is 624 g/mol. The van der Waals surface area contributed by atoms with E-state index in [0.717, 1.165) is 39.7 Å². The fourth-order valence-electron chi connectivity index (χ4n) is 4.65. The van der Waals surface area contributed by atoms with Gasteiger partial charge in [0, 0.05) is 19.5 Å². The highest BCUT2D eigenvalue weighted by molar-refractivity contribution is 7.92. The van der Waals surface area contributed by atoms with Gasteiger partial charge in [-0.3, -0.25) is 13.9 Å². The molecule has 2 amide bonds. The van der Waals surface area contributed by atoms with E-state index in [1.807, 2.05) is 37.3 Å². The smallest absolute Gasteiger partial charge is 0.264 e. The molecule has 1 atom stereocenters. The maximum atomic E-state index is 14.3. The van der Waals surface area contributed by atoms with Gasteiger partial charge in [0.05, 0.1) is 20.6 Å². The van der Waals surface area contributed by atoms with Crippen LogP contribution in [0.2, 0.25) is 10.0 Å². The van der Waals surface area contributed by atoms with Crippen LogP contribution in [0.1, 0.15) is 23.6 Å². The summed E-state index contributed by atoms with van der Waals surface area (Å²) in [5, 5.41) is 3.41. The average Bonchev–Trinajstić information content (AvgIpc) is 3.00. The van der Waals surface area contributed by atoms with Crippen molar-refractivity contribution >= 4 is 50.7 Å². The summed E-state index contributed by atoms with van der Waals surface area (Å²) in [6.07, 6.45) is 0.176. The third kappa shape index (κ3) is 8.16. The summed E-state index contributed by atoms with van der Waals surface area (Å²) < 4.78 is 42.6. The van der Waals surface area contributed by atoms with Crippen molar-refractivity contribution in [1.82, 2.24) is 10.2 Å². The molecule has 230 valence electrons. The number of nitrogens with one attached hydrogen (secondary N) is 1. The van der Waals surface area contributed by atoms with Crippen molar-refractivity contribution in [2.45, 2.75) is 37.8 Å². The number of anilines is 1. The first-order chi connectivity index (χ1) is 21.0. The Morgan fingerprint density at radius 2 is 1.52 bits per heavy atom. The second kappa shape index (κ2) is 14.7. The van der Waals surface area contributed by atoms with E-state index in [9.17, 15) is 22.4 Å². The Labute approximate surface area is 267 Å².